The summed E-state index contributed by atoms with van der Waals surface area (Å²) >= 11 is 0. The molecular formula is C16H34N2. The van der Waals surface area contributed by atoms with Gasteiger partial charge in [0.1, 0.15) is 0 Å². The summed E-state index contributed by atoms with van der Waals surface area (Å²) in [6.45, 7) is 14.2. The molecule has 0 aromatic rings. The van der Waals surface area contributed by atoms with Crippen LogP contribution in [0.4, 0.5) is 0 Å². The summed E-state index contributed by atoms with van der Waals surface area (Å²) in [5.74, 6) is 0. The second kappa shape index (κ2) is 8.16. The van der Waals surface area contributed by atoms with Gasteiger partial charge < -0.3 is 5.32 Å². The van der Waals surface area contributed by atoms with E-state index in [9.17, 15) is 0 Å². The Labute approximate surface area is 115 Å². The molecule has 0 saturated carbocycles. The Morgan fingerprint density at radius 2 is 1.94 bits per heavy atom. The van der Waals surface area contributed by atoms with Gasteiger partial charge in [0, 0.05) is 19.1 Å². The first kappa shape index (κ1) is 16.0. The fourth-order valence-corrected chi connectivity index (χ4v) is 3.12. The van der Waals surface area contributed by atoms with E-state index in [1.807, 2.05) is 0 Å². The lowest BCUT2D eigenvalue weighted by atomic mass is 9.86. The Balaban J connectivity index is 2.58. The van der Waals surface area contributed by atoms with Crippen LogP contribution in [-0.2, 0) is 0 Å². The van der Waals surface area contributed by atoms with Crippen LogP contribution in [0.2, 0.25) is 0 Å². The average molecular weight is 254 g/mol. The Kier molecular flexibility index (Phi) is 7.25. The SMILES string of the molecule is CCNCC(C)(CC)CN1CCCCCC1CC. The van der Waals surface area contributed by atoms with E-state index in [1.165, 1.54) is 51.6 Å². The van der Waals surface area contributed by atoms with Crippen molar-refractivity contribution in [3.8, 4) is 0 Å². The second-order valence-corrected chi connectivity index (χ2v) is 6.33. The van der Waals surface area contributed by atoms with E-state index >= 15 is 0 Å². The van der Waals surface area contributed by atoms with Crippen LogP contribution in [0, 0.1) is 5.41 Å². The van der Waals surface area contributed by atoms with E-state index in [4.69, 9.17) is 0 Å². The minimum atomic E-state index is 0.438. The average Bonchev–Trinajstić information content (AvgIpc) is 2.61. The highest BCUT2D eigenvalue weighted by Gasteiger charge is 2.28. The maximum Gasteiger partial charge on any atom is 0.00928 e. The Morgan fingerprint density at radius 1 is 1.17 bits per heavy atom. The van der Waals surface area contributed by atoms with Crippen LogP contribution >= 0.6 is 0 Å². The van der Waals surface area contributed by atoms with Gasteiger partial charge in [-0.25, -0.2) is 0 Å². The van der Waals surface area contributed by atoms with Gasteiger partial charge >= 0.3 is 0 Å². The molecule has 0 aromatic carbocycles. The number of likely N-dealkylation sites (tertiary alicyclic amines) is 1. The lowest BCUT2D eigenvalue weighted by Crippen LogP contribution is -2.46. The summed E-state index contributed by atoms with van der Waals surface area (Å²) < 4.78 is 0. The quantitative estimate of drug-likeness (QED) is 0.746. The zero-order valence-electron chi connectivity index (χ0n) is 13.1. The number of hydrogen-bond acceptors (Lipinski definition) is 2. The molecule has 0 aliphatic carbocycles. The van der Waals surface area contributed by atoms with E-state index in [0.717, 1.165) is 19.1 Å². The number of hydrogen-bond donors (Lipinski definition) is 1. The molecule has 2 nitrogen and oxygen atoms in total. The first-order valence-corrected chi connectivity index (χ1v) is 8.10. The monoisotopic (exact) mass is 254 g/mol. The van der Waals surface area contributed by atoms with Crippen molar-refractivity contribution in [1.29, 1.82) is 0 Å². The van der Waals surface area contributed by atoms with Gasteiger partial charge in [-0.2, -0.15) is 0 Å². The second-order valence-electron chi connectivity index (χ2n) is 6.33. The summed E-state index contributed by atoms with van der Waals surface area (Å²) in [6, 6.07) is 0.833. The minimum absolute atomic E-state index is 0.438. The highest BCUT2D eigenvalue weighted by atomic mass is 15.2. The predicted molar refractivity (Wildman–Crippen MR) is 81.1 cm³/mol. The highest BCUT2D eigenvalue weighted by Crippen LogP contribution is 2.27. The van der Waals surface area contributed by atoms with Crippen molar-refractivity contribution in [3.63, 3.8) is 0 Å². The zero-order valence-corrected chi connectivity index (χ0v) is 13.1. The van der Waals surface area contributed by atoms with Gasteiger partial charge in [-0.05, 0) is 44.2 Å². The Bertz CT molecular complexity index is 217. The van der Waals surface area contributed by atoms with Gasteiger partial charge in [0.15, 0.2) is 0 Å². The van der Waals surface area contributed by atoms with Crippen molar-refractivity contribution in [2.75, 3.05) is 26.2 Å². The van der Waals surface area contributed by atoms with E-state index in [1.54, 1.807) is 0 Å². The summed E-state index contributed by atoms with van der Waals surface area (Å²) in [6.07, 6.45) is 8.27. The molecule has 0 radical (unpaired) electrons. The normalized spacial score (nSPS) is 25.7. The van der Waals surface area contributed by atoms with Crippen LogP contribution in [0.3, 0.4) is 0 Å². The van der Waals surface area contributed by atoms with Gasteiger partial charge in [0.05, 0.1) is 0 Å². The number of nitrogens with one attached hydrogen (secondary N) is 1. The van der Waals surface area contributed by atoms with Gasteiger partial charge in [0.25, 0.3) is 0 Å². The minimum Gasteiger partial charge on any atom is -0.316 e. The summed E-state index contributed by atoms with van der Waals surface area (Å²) in [5.41, 5.74) is 0.438. The maximum atomic E-state index is 3.55. The zero-order chi connectivity index (χ0) is 13.4. The smallest absolute Gasteiger partial charge is 0.00928 e. The standard InChI is InChI=1S/C16H34N2/c1-5-15-11-9-8-10-12-18(15)14-16(4,6-2)13-17-7-3/h15,17H,5-14H2,1-4H3. The van der Waals surface area contributed by atoms with Gasteiger partial charge in [0.2, 0.25) is 0 Å². The third-order valence-electron chi connectivity index (χ3n) is 4.71. The van der Waals surface area contributed by atoms with Gasteiger partial charge in [-0.3, -0.25) is 4.90 Å². The molecule has 1 aliphatic heterocycles. The third-order valence-corrected chi connectivity index (χ3v) is 4.71. The maximum absolute atomic E-state index is 3.55. The topological polar surface area (TPSA) is 15.3 Å². The van der Waals surface area contributed by atoms with Crippen molar-refractivity contribution in [3.05, 3.63) is 0 Å². The van der Waals surface area contributed by atoms with E-state index in [-0.39, 0.29) is 0 Å². The fraction of sp³-hybridized carbons (Fsp3) is 1.00. The molecule has 2 unspecified atom stereocenters. The largest absolute Gasteiger partial charge is 0.316 e. The molecule has 1 fully saturated rings. The molecule has 0 aromatic heterocycles. The lowest BCUT2D eigenvalue weighted by Gasteiger charge is -2.38. The number of rotatable bonds is 7. The van der Waals surface area contributed by atoms with Crippen molar-refractivity contribution >= 4 is 0 Å². The number of nitrogens with zero attached hydrogens (tertiary/aromatic N) is 1. The first-order chi connectivity index (χ1) is 8.65. The van der Waals surface area contributed by atoms with E-state index < -0.39 is 0 Å². The molecule has 0 amide bonds. The van der Waals surface area contributed by atoms with Gasteiger partial charge in [-0.1, -0.05) is 40.5 Å². The molecule has 0 bridgehead atoms. The van der Waals surface area contributed by atoms with Crippen LogP contribution < -0.4 is 5.32 Å². The van der Waals surface area contributed by atoms with Crippen molar-refractivity contribution < 1.29 is 0 Å². The lowest BCUT2D eigenvalue weighted by molar-refractivity contribution is 0.113. The van der Waals surface area contributed by atoms with Crippen molar-refractivity contribution in [2.24, 2.45) is 5.41 Å². The molecule has 1 saturated heterocycles. The molecule has 1 heterocycles. The predicted octanol–water partition coefficient (Wildman–Crippen LogP) is 3.67. The molecule has 1 rings (SSSR count). The molecule has 0 spiro atoms. The van der Waals surface area contributed by atoms with Gasteiger partial charge in [-0.15, -0.1) is 0 Å². The van der Waals surface area contributed by atoms with Crippen molar-refractivity contribution in [2.45, 2.75) is 72.3 Å². The first-order valence-electron chi connectivity index (χ1n) is 8.10. The summed E-state index contributed by atoms with van der Waals surface area (Å²) in [4.78, 5) is 2.79. The van der Waals surface area contributed by atoms with E-state index in [2.05, 4.69) is 37.9 Å². The molecule has 18 heavy (non-hydrogen) atoms. The Morgan fingerprint density at radius 3 is 2.56 bits per heavy atom. The summed E-state index contributed by atoms with van der Waals surface area (Å²) in [7, 11) is 0. The summed E-state index contributed by atoms with van der Waals surface area (Å²) in [5, 5.41) is 3.55. The fourth-order valence-electron chi connectivity index (χ4n) is 3.12. The van der Waals surface area contributed by atoms with Crippen molar-refractivity contribution in [1.82, 2.24) is 10.2 Å². The molecule has 2 atom stereocenters. The van der Waals surface area contributed by atoms with Crippen LogP contribution in [0.5, 0.6) is 0 Å². The molecule has 2 heteroatoms. The molecule has 1 N–H and O–H groups in total. The Hall–Kier alpha value is -0.0800. The van der Waals surface area contributed by atoms with Crippen LogP contribution in [0.15, 0.2) is 0 Å². The molecule has 108 valence electrons. The van der Waals surface area contributed by atoms with E-state index in [0.29, 0.717) is 5.41 Å². The molecule has 1 aliphatic rings. The third kappa shape index (κ3) is 4.89. The van der Waals surface area contributed by atoms with Crippen LogP contribution in [-0.4, -0.2) is 37.1 Å². The van der Waals surface area contributed by atoms with Crippen LogP contribution in [0.25, 0.3) is 0 Å². The highest BCUT2D eigenvalue weighted by molar-refractivity contribution is 4.84. The van der Waals surface area contributed by atoms with Crippen LogP contribution in [0.1, 0.15) is 66.2 Å². The molecular weight excluding hydrogens is 220 g/mol.